The second-order valence-electron chi connectivity index (χ2n) is 15.0. The third-order valence-electron chi connectivity index (χ3n) is 12.1. The Hall–Kier alpha value is -4.61. The van der Waals surface area contributed by atoms with E-state index in [9.17, 15) is 4.79 Å². The largest absolute Gasteiger partial charge is 0.493 e. The number of hydrogen-bond acceptors (Lipinski definition) is 4. The summed E-state index contributed by atoms with van der Waals surface area (Å²) in [5.74, 6) is 1.75. The lowest BCUT2D eigenvalue weighted by atomic mass is 9.68. The summed E-state index contributed by atoms with van der Waals surface area (Å²) in [6.07, 6.45) is 11.6. The molecule has 0 saturated carbocycles. The molecule has 1 aliphatic carbocycles. The van der Waals surface area contributed by atoms with Crippen LogP contribution in [-0.2, 0) is 29.5 Å². The molecule has 0 bridgehead atoms. The highest BCUT2D eigenvalue weighted by Crippen LogP contribution is 2.45. The average molecular weight is 695 g/mol. The monoisotopic (exact) mass is 694 g/mol. The highest BCUT2D eigenvalue weighted by molar-refractivity contribution is 5.90. The number of carbonyl (C=O) groups excluding carboxylic acids is 1. The van der Waals surface area contributed by atoms with Crippen LogP contribution in [0.25, 0.3) is 10.8 Å². The predicted octanol–water partition coefficient (Wildman–Crippen LogP) is 9.48. The van der Waals surface area contributed by atoms with Gasteiger partial charge < -0.3 is 14.8 Å². The van der Waals surface area contributed by atoms with E-state index in [2.05, 4.69) is 107 Å². The first-order valence-electron chi connectivity index (χ1n) is 19.4. The van der Waals surface area contributed by atoms with Crippen molar-refractivity contribution in [2.45, 2.75) is 81.6 Å². The second kappa shape index (κ2) is 16.4. The summed E-state index contributed by atoms with van der Waals surface area (Å²) in [6.45, 7) is 2.91. The SMILES string of the molecule is COc1cc2c(cc1OC)CC1(CCCCN1CCCC(CCCNC(=O)Cc1cccc3ccccc13)(c1ccccc1)c1ccccc1)CC2. The summed E-state index contributed by atoms with van der Waals surface area (Å²) in [6, 6.07) is 41.2. The number of benzene rings is 5. The number of piperidine rings is 1. The van der Waals surface area contributed by atoms with Gasteiger partial charge in [0.1, 0.15) is 0 Å². The molecular weight excluding hydrogens is 641 g/mol. The highest BCUT2D eigenvalue weighted by Gasteiger charge is 2.42. The molecule has 1 heterocycles. The van der Waals surface area contributed by atoms with Crippen LogP contribution < -0.4 is 14.8 Å². The standard InChI is InChI=1S/C47H54N2O3/c1-51-43-32-37-24-28-46(35-39(37)33-44(43)52-2)25-11-12-30-49(46)31-15-27-47(40-19-5-3-6-20-40,41-21-7-4-8-22-41)26-14-29-48-45(50)34-38-18-13-17-36-16-9-10-23-42(36)38/h3-10,13,16-23,32-33H,11-12,14-15,24-31,34-35H2,1-2H3,(H,48,50). The lowest BCUT2D eigenvalue weighted by Crippen LogP contribution is -2.55. The Morgan fingerprint density at radius 1 is 0.750 bits per heavy atom. The van der Waals surface area contributed by atoms with E-state index in [4.69, 9.17) is 9.47 Å². The van der Waals surface area contributed by atoms with Gasteiger partial charge in [0.25, 0.3) is 0 Å². The van der Waals surface area contributed by atoms with E-state index in [1.807, 2.05) is 18.2 Å². The quantitative estimate of drug-likeness (QED) is 0.118. The molecule has 52 heavy (non-hydrogen) atoms. The van der Waals surface area contributed by atoms with E-state index in [0.717, 1.165) is 74.1 Å². The molecule has 5 heteroatoms. The van der Waals surface area contributed by atoms with Gasteiger partial charge in [-0.3, -0.25) is 9.69 Å². The molecule has 1 amide bonds. The number of ether oxygens (including phenoxy) is 2. The smallest absolute Gasteiger partial charge is 0.224 e. The van der Waals surface area contributed by atoms with Crippen molar-refractivity contribution in [3.05, 3.63) is 143 Å². The number of likely N-dealkylation sites (tertiary alicyclic amines) is 1. The van der Waals surface area contributed by atoms with Crippen LogP contribution in [0, 0.1) is 0 Å². The third kappa shape index (κ3) is 7.61. The molecule has 1 N–H and O–H groups in total. The van der Waals surface area contributed by atoms with Crippen LogP contribution in [0.4, 0.5) is 0 Å². The zero-order chi connectivity index (χ0) is 35.8. The van der Waals surface area contributed by atoms with E-state index < -0.39 is 0 Å². The van der Waals surface area contributed by atoms with Crippen LogP contribution in [-0.4, -0.2) is 50.2 Å². The van der Waals surface area contributed by atoms with Crippen molar-refractivity contribution in [3.63, 3.8) is 0 Å². The first-order chi connectivity index (χ1) is 25.5. The first-order valence-corrected chi connectivity index (χ1v) is 19.4. The number of aryl methyl sites for hydroxylation is 1. The topological polar surface area (TPSA) is 50.8 Å². The normalized spacial score (nSPS) is 17.5. The molecule has 5 aromatic rings. The predicted molar refractivity (Wildman–Crippen MR) is 213 cm³/mol. The minimum absolute atomic E-state index is 0.0851. The number of amides is 1. The molecule has 270 valence electrons. The van der Waals surface area contributed by atoms with Crippen molar-refractivity contribution in [1.29, 1.82) is 0 Å². The summed E-state index contributed by atoms with van der Waals surface area (Å²) < 4.78 is 11.4. The Morgan fingerprint density at radius 3 is 2.13 bits per heavy atom. The molecule has 5 nitrogen and oxygen atoms in total. The molecule has 0 radical (unpaired) electrons. The summed E-state index contributed by atoms with van der Waals surface area (Å²) in [4.78, 5) is 16.1. The Morgan fingerprint density at radius 2 is 1.40 bits per heavy atom. The minimum atomic E-state index is -0.144. The molecule has 1 atom stereocenters. The fourth-order valence-electron chi connectivity index (χ4n) is 9.41. The maximum absolute atomic E-state index is 13.2. The highest BCUT2D eigenvalue weighted by atomic mass is 16.5. The van der Waals surface area contributed by atoms with Crippen molar-refractivity contribution in [2.24, 2.45) is 0 Å². The molecule has 1 aliphatic heterocycles. The Bertz CT molecular complexity index is 1900. The van der Waals surface area contributed by atoms with E-state index >= 15 is 0 Å². The molecule has 1 spiro atoms. The molecule has 2 aliphatic rings. The van der Waals surface area contributed by atoms with Gasteiger partial charge in [0.15, 0.2) is 11.5 Å². The Kier molecular flexibility index (Phi) is 11.3. The zero-order valence-electron chi connectivity index (χ0n) is 31.0. The van der Waals surface area contributed by atoms with Gasteiger partial charge in [-0.15, -0.1) is 0 Å². The van der Waals surface area contributed by atoms with Gasteiger partial charge in [-0.25, -0.2) is 0 Å². The van der Waals surface area contributed by atoms with Crippen LogP contribution in [0.3, 0.4) is 0 Å². The molecule has 0 aromatic heterocycles. The number of nitrogens with one attached hydrogen (secondary N) is 1. The van der Waals surface area contributed by atoms with Crippen molar-refractivity contribution in [2.75, 3.05) is 33.9 Å². The zero-order valence-corrected chi connectivity index (χ0v) is 31.0. The molecule has 1 fully saturated rings. The van der Waals surface area contributed by atoms with E-state index in [1.54, 1.807) is 14.2 Å². The van der Waals surface area contributed by atoms with Crippen LogP contribution in [0.5, 0.6) is 11.5 Å². The number of carbonyl (C=O) groups is 1. The van der Waals surface area contributed by atoms with E-state index in [1.165, 1.54) is 53.3 Å². The van der Waals surface area contributed by atoms with Crippen LogP contribution in [0.15, 0.2) is 115 Å². The Labute approximate surface area is 310 Å². The van der Waals surface area contributed by atoms with Gasteiger partial charge in [-0.05, 0) is 122 Å². The fourth-order valence-corrected chi connectivity index (χ4v) is 9.41. The maximum atomic E-state index is 13.2. The number of hydrogen-bond donors (Lipinski definition) is 1. The summed E-state index contributed by atoms with van der Waals surface area (Å²) in [7, 11) is 3.47. The van der Waals surface area contributed by atoms with Crippen LogP contribution in [0.2, 0.25) is 0 Å². The van der Waals surface area contributed by atoms with Crippen LogP contribution in [0.1, 0.15) is 79.2 Å². The lowest BCUT2D eigenvalue weighted by Gasteiger charge is -2.50. The number of methoxy groups -OCH3 is 2. The van der Waals surface area contributed by atoms with Gasteiger partial charge >= 0.3 is 0 Å². The fraction of sp³-hybridized carbons (Fsp3) is 0.383. The van der Waals surface area contributed by atoms with E-state index in [0.29, 0.717) is 13.0 Å². The minimum Gasteiger partial charge on any atom is -0.493 e. The van der Waals surface area contributed by atoms with Gasteiger partial charge in [-0.2, -0.15) is 0 Å². The number of nitrogens with zero attached hydrogens (tertiary/aromatic N) is 1. The van der Waals surface area contributed by atoms with Crippen molar-refractivity contribution in [3.8, 4) is 11.5 Å². The average Bonchev–Trinajstić information content (AvgIpc) is 3.20. The van der Waals surface area contributed by atoms with Crippen LogP contribution >= 0.6 is 0 Å². The van der Waals surface area contributed by atoms with Gasteiger partial charge in [0.05, 0.1) is 20.6 Å². The Balaban J connectivity index is 1.07. The van der Waals surface area contributed by atoms with Gasteiger partial charge in [-0.1, -0.05) is 110 Å². The van der Waals surface area contributed by atoms with E-state index in [-0.39, 0.29) is 16.9 Å². The van der Waals surface area contributed by atoms with Crippen molar-refractivity contribution < 1.29 is 14.3 Å². The first kappa shape index (κ1) is 35.8. The van der Waals surface area contributed by atoms with Crippen molar-refractivity contribution in [1.82, 2.24) is 10.2 Å². The molecule has 1 unspecified atom stereocenters. The molecular formula is C47H54N2O3. The molecule has 5 aromatic carbocycles. The van der Waals surface area contributed by atoms with Gasteiger partial charge in [0.2, 0.25) is 5.91 Å². The summed E-state index contributed by atoms with van der Waals surface area (Å²) in [5.41, 5.74) is 6.69. The van der Waals surface area contributed by atoms with Crippen molar-refractivity contribution >= 4 is 16.7 Å². The third-order valence-corrected chi connectivity index (χ3v) is 12.1. The molecule has 7 rings (SSSR count). The maximum Gasteiger partial charge on any atom is 0.224 e. The lowest BCUT2D eigenvalue weighted by molar-refractivity contribution is -0.120. The van der Waals surface area contributed by atoms with Gasteiger partial charge in [0, 0.05) is 17.5 Å². The molecule has 1 saturated heterocycles. The summed E-state index contributed by atoms with van der Waals surface area (Å²) >= 11 is 0. The summed E-state index contributed by atoms with van der Waals surface area (Å²) in [5, 5.41) is 5.60. The second-order valence-corrected chi connectivity index (χ2v) is 15.0. The number of rotatable bonds is 14. The number of fused-ring (bicyclic) bond motifs is 2.